The lowest BCUT2D eigenvalue weighted by Crippen LogP contribution is -2.25. The van der Waals surface area contributed by atoms with Crippen molar-refractivity contribution in [3.63, 3.8) is 0 Å². The Morgan fingerprint density at radius 3 is 2.61 bits per heavy atom. The number of ether oxygens (including phenoxy) is 1. The highest BCUT2D eigenvalue weighted by molar-refractivity contribution is 5.87. The summed E-state index contributed by atoms with van der Waals surface area (Å²) in [6, 6.07) is 20.9. The molecule has 0 bridgehead atoms. The summed E-state index contributed by atoms with van der Waals surface area (Å²) >= 11 is 0. The predicted octanol–water partition coefficient (Wildman–Crippen LogP) is 7.00. The fourth-order valence-corrected chi connectivity index (χ4v) is 5.35. The number of hydrogen-bond acceptors (Lipinski definition) is 4. The van der Waals surface area contributed by atoms with Gasteiger partial charge in [0, 0.05) is 54.1 Å². The van der Waals surface area contributed by atoms with Gasteiger partial charge in [0.1, 0.15) is 5.60 Å². The smallest absolute Gasteiger partial charge is 0.306 e. The van der Waals surface area contributed by atoms with E-state index in [9.17, 15) is 9.59 Å². The van der Waals surface area contributed by atoms with Crippen LogP contribution in [0.25, 0.3) is 22.0 Å². The summed E-state index contributed by atoms with van der Waals surface area (Å²) in [4.78, 5) is 30.9. The van der Waals surface area contributed by atoms with Crippen molar-refractivity contribution in [2.75, 3.05) is 11.4 Å². The lowest BCUT2D eigenvalue weighted by Gasteiger charge is -2.22. The summed E-state index contributed by atoms with van der Waals surface area (Å²) in [5, 5.41) is 4.18. The molecule has 2 heterocycles. The fraction of sp³-hybridized carbons (Fsp3) is 0.314. The number of nitrogens with zero attached hydrogens (tertiary/aromatic N) is 1. The van der Waals surface area contributed by atoms with E-state index in [4.69, 9.17) is 4.74 Å². The number of esters is 1. The van der Waals surface area contributed by atoms with E-state index in [0.29, 0.717) is 19.4 Å². The fourth-order valence-electron chi connectivity index (χ4n) is 5.35. The Hall–Kier alpha value is -4.32. The molecule has 3 aromatic carbocycles. The number of carbonyl (C=O) groups is 2. The minimum atomic E-state index is -0.494. The van der Waals surface area contributed by atoms with Crippen molar-refractivity contribution in [2.24, 2.45) is 0 Å². The number of aromatic amines is 1. The molecule has 6 heteroatoms. The van der Waals surface area contributed by atoms with Gasteiger partial charge < -0.3 is 19.9 Å². The molecule has 2 N–H and O–H groups in total. The molecule has 0 aliphatic carbocycles. The minimum Gasteiger partial charge on any atom is -0.460 e. The molecule has 0 spiro atoms. The molecular weight excluding hydrogens is 510 g/mol. The molecule has 5 rings (SSSR count). The standard InChI is InChI=1S/C35H39N3O3/c1-24-11-14-29(32(19-24)38-17-7-8-18-38)28-10-6-5-9-26(28)23-37-33(39)21-25-12-15-31-30(20-25)27(22-36-31)13-16-34(40)41-35(2,3)4/h5-7,9-12,14-15,17,19-20,22,36H,8,13,16,18,21,23H2,1-4H3,(H,37,39). The van der Waals surface area contributed by atoms with Crippen molar-refractivity contribution in [1.29, 1.82) is 0 Å². The first-order valence-corrected chi connectivity index (χ1v) is 14.4. The summed E-state index contributed by atoms with van der Waals surface area (Å²) in [7, 11) is 0. The van der Waals surface area contributed by atoms with Crippen LogP contribution >= 0.6 is 0 Å². The first-order chi connectivity index (χ1) is 19.7. The van der Waals surface area contributed by atoms with Crippen molar-refractivity contribution in [3.8, 4) is 11.1 Å². The molecule has 212 valence electrons. The van der Waals surface area contributed by atoms with Gasteiger partial charge in [-0.1, -0.05) is 48.5 Å². The molecule has 1 amide bonds. The zero-order chi connectivity index (χ0) is 29.0. The first-order valence-electron chi connectivity index (χ1n) is 14.4. The summed E-state index contributed by atoms with van der Waals surface area (Å²) in [6.07, 6.45) is 8.52. The maximum atomic E-state index is 13.1. The van der Waals surface area contributed by atoms with Crippen molar-refractivity contribution in [1.82, 2.24) is 10.3 Å². The van der Waals surface area contributed by atoms with Crippen LogP contribution in [0.5, 0.6) is 0 Å². The molecule has 0 saturated carbocycles. The third kappa shape index (κ3) is 7.07. The summed E-state index contributed by atoms with van der Waals surface area (Å²) in [6.45, 7) is 9.17. The van der Waals surface area contributed by atoms with Crippen LogP contribution in [0.1, 0.15) is 55.9 Å². The topological polar surface area (TPSA) is 74.4 Å². The van der Waals surface area contributed by atoms with E-state index < -0.39 is 5.60 Å². The molecule has 0 atom stereocenters. The second-order valence-corrected chi connectivity index (χ2v) is 11.8. The highest BCUT2D eigenvalue weighted by Crippen LogP contribution is 2.35. The van der Waals surface area contributed by atoms with Gasteiger partial charge in [-0.25, -0.2) is 0 Å². The van der Waals surface area contributed by atoms with Crippen LogP contribution in [0, 0.1) is 6.92 Å². The second-order valence-electron chi connectivity index (χ2n) is 11.8. The van der Waals surface area contributed by atoms with E-state index in [-0.39, 0.29) is 18.3 Å². The Morgan fingerprint density at radius 2 is 1.83 bits per heavy atom. The van der Waals surface area contributed by atoms with E-state index in [1.807, 2.05) is 51.2 Å². The number of rotatable bonds is 9. The van der Waals surface area contributed by atoms with Crippen molar-refractivity contribution in [2.45, 2.75) is 65.5 Å². The SMILES string of the molecule is Cc1ccc(-c2ccccc2CNC(=O)Cc2ccc3[nH]cc(CCC(=O)OC(C)(C)C)c3c2)c(N2C=CCC2)c1. The van der Waals surface area contributed by atoms with Crippen molar-refractivity contribution >= 4 is 28.5 Å². The normalized spacial score (nSPS) is 13.1. The van der Waals surface area contributed by atoms with Gasteiger partial charge in [0.15, 0.2) is 0 Å². The molecule has 0 radical (unpaired) electrons. The number of nitrogens with one attached hydrogen (secondary N) is 2. The van der Waals surface area contributed by atoms with Crippen LogP contribution in [0.2, 0.25) is 0 Å². The van der Waals surface area contributed by atoms with Gasteiger partial charge in [0.05, 0.1) is 6.42 Å². The molecule has 6 nitrogen and oxygen atoms in total. The predicted molar refractivity (Wildman–Crippen MR) is 166 cm³/mol. The number of anilines is 1. The third-order valence-corrected chi connectivity index (χ3v) is 7.28. The average molecular weight is 550 g/mol. The summed E-state index contributed by atoms with van der Waals surface area (Å²) < 4.78 is 5.45. The summed E-state index contributed by atoms with van der Waals surface area (Å²) in [5.41, 5.74) is 8.28. The number of aromatic nitrogens is 1. The zero-order valence-corrected chi connectivity index (χ0v) is 24.4. The number of carbonyl (C=O) groups excluding carboxylic acids is 2. The van der Waals surface area contributed by atoms with Gasteiger partial charge in [0.25, 0.3) is 0 Å². The minimum absolute atomic E-state index is 0.0309. The Labute approximate surface area is 242 Å². The molecule has 0 saturated heterocycles. The number of H-pyrrole nitrogens is 1. The van der Waals surface area contributed by atoms with Crippen LogP contribution < -0.4 is 10.2 Å². The molecule has 41 heavy (non-hydrogen) atoms. The molecule has 4 aromatic rings. The number of aryl methyl sites for hydroxylation is 2. The van der Waals surface area contributed by atoms with Gasteiger partial charge in [-0.05, 0) is 86.6 Å². The van der Waals surface area contributed by atoms with E-state index in [1.54, 1.807) is 0 Å². The van der Waals surface area contributed by atoms with Gasteiger partial charge in [-0.3, -0.25) is 9.59 Å². The highest BCUT2D eigenvalue weighted by Gasteiger charge is 2.18. The number of hydrogen-bond donors (Lipinski definition) is 2. The lowest BCUT2D eigenvalue weighted by molar-refractivity contribution is -0.154. The van der Waals surface area contributed by atoms with Gasteiger partial charge in [-0.15, -0.1) is 0 Å². The van der Waals surface area contributed by atoms with Crippen molar-refractivity contribution in [3.05, 3.63) is 101 Å². The Balaban J connectivity index is 1.26. The van der Waals surface area contributed by atoms with E-state index in [0.717, 1.165) is 46.1 Å². The third-order valence-electron chi connectivity index (χ3n) is 7.28. The Morgan fingerprint density at radius 1 is 1.00 bits per heavy atom. The molecule has 0 fully saturated rings. The monoisotopic (exact) mass is 549 g/mol. The van der Waals surface area contributed by atoms with Gasteiger partial charge in [0.2, 0.25) is 5.91 Å². The van der Waals surface area contributed by atoms with Crippen LogP contribution in [0.4, 0.5) is 5.69 Å². The number of fused-ring (bicyclic) bond motifs is 1. The maximum absolute atomic E-state index is 13.1. The Kier molecular flexibility index (Phi) is 8.29. The highest BCUT2D eigenvalue weighted by atomic mass is 16.6. The van der Waals surface area contributed by atoms with Crippen LogP contribution in [-0.2, 0) is 33.7 Å². The van der Waals surface area contributed by atoms with Crippen LogP contribution in [0.15, 0.2) is 79.1 Å². The van der Waals surface area contributed by atoms with E-state index >= 15 is 0 Å². The van der Waals surface area contributed by atoms with Crippen LogP contribution in [-0.4, -0.2) is 29.0 Å². The van der Waals surface area contributed by atoms with Gasteiger partial charge >= 0.3 is 5.97 Å². The average Bonchev–Trinajstić information content (AvgIpc) is 3.60. The van der Waals surface area contributed by atoms with Crippen molar-refractivity contribution < 1.29 is 14.3 Å². The maximum Gasteiger partial charge on any atom is 0.306 e. The lowest BCUT2D eigenvalue weighted by atomic mass is 9.96. The number of benzene rings is 3. The molecular formula is C35H39N3O3. The van der Waals surface area contributed by atoms with Crippen LogP contribution in [0.3, 0.4) is 0 Å². The molecule has 0 unspecified atom stereocenters. The first kappa shape index (κ1) is 28.2. The molecule has 1 aromatic heterocycles. The second kappa shape index (κ2) is 12.0. The Bertz CT molecular complexity index is 1590. The quantitative estimate of drug-likeness (QED) is 0.221. The van der Waals surface area contributed by atoms with E-state index in [1.165, 1.54) is 16.8 Å². The molecule has 1 aliphatic heterocycles. The zero-order valence-electron chi connectivity index (χ0n) is 24.4. The van der Waals surface area contributed by atoms with E-state index in [2.05, 4.69) is 70.8 Å². The molecule has 1 aliphatic rings. The summed E-state index contributed by atoms with van der Waals surface area (Å²) in [5.74, 6) is -0.242. The number of amides is 1. The largest absolute Gasteiger partial charge is 0.460 e. The van der Waals surface area contributed by atoms with Gasteiger partial charge in [-0.2, -0.15) is 0 Å².